The number of pyridine rings is 1. The van der Waals surface area contributed by atoms with Gasteiger partial charge in [0, 0.05) is 38.4 Å². The van der Waals surface area contributed by atoms with Gasteiger partial charge in [-0.2, -0.15) is 0 Å². The summed E-state index contributed by atoms with van der Waals surface area (Å²) in [5, 5.41) is 7.05. The molecule has 3 heterocycles. The van der Waals surface area contributed by atoms with Gasteiger partial charge < -0.3 is 15.0 Å². The second-order valence-corrected chi connectivity index (χ2v) is 6.33. The third-order valence-electron chi connectivity index (χ3n) is 4.54. The third-order valence-corrected chi connectivity index (χ3v) is 4.54. The monoisotopic (exact) mass is 357 g/mol. The van der Waals surface area contributed by atoms with Crippen molar-refractivity contribution in [3.8, 4) is 5.88 Å². The summed E-state index contributed by atoms with van der Waals surface area (Å²) in [6.07, 6.45) is 4.65. The van der Waals surface area contributed by atoms with E-state index in [1.807, 2.05) is 18.2 Å². The highest BCUT2D eigenvalue weighted by atomic mass is 16.5. The standard InChI is InChI=1S/C18H23N5O3/c1-22-12-15(17(21-22)26-2)18(25)23-9-6-13(7-10-23)16(24)20-11-14-5-3-4-8-19-14/h3-5,8,12-13H,6-7,9-11H2,1-2H3,(H,20,24). The van der Waals surface area contributed by atoms with Crippen LogP contribution >= 0.6 is 0 Å². The van der Waals surface area contributed by atoms with Crippen molar-refractivity contribution in [2.75, 3.05) is 20.2 Å². The molecule has 1 fully saturated rings. The molecule has 1 aliphatic rings. The number of methoxy groups -OCH3 is 1. The topological polar surface area (TPSA) is 89.4 Å². The van der Waals surface area contributed by atoms with Crippen molar-refractivity contribution in [2.45, 2.75) is 19.4 Å². The van der Waals surface area contributed by atoms with Crippen LogP contribution in [-0.2, 0) is 18.4 Å². The van der Waals surface area contributed by atoms with Crippen molar-refractivity contribution in [3.63, 3.8) is 0 Å². The molecule has 0 unspecified atom stereocenters. The van der Waals surface area contributed by atoms with E-state index in [1.54, 1.807) is 29.0 Å². The molecule has 0 aromatic carbocycles. The quantitative estimate of drug-likeness (QED) is 0.862. The van der Waals surface area contributed by atoms with Crippen molar-refractivity contribution in [1.82, 2.24) is 25.0 Å². The van der Waals surface area contributed by atoms with Crippen molar-refractivity contribution < 1.29 is 14.3 Å². The van der Waals surface area contributed by atoms with Crippen LogP contribution in [0, 0.1) is 5.92 Å². The number of carbonyl (C=O) groups excluding carboxylic acids is 2. The summed E-state index contributed by atoms with van der Waals surface area (Å²) in [6.45, 7) is 1.50. The van der Waals surface area contributed by atoms with Gasteiger partial charge in [-0.25, -0.2) is 0 Å². The summed E-state index contributed by atoms with van der Waals surface area (Å²) >= 11 is 0. The Bertz CT molecular complexity index is 766. The van der Waals surface area contributed by atoms with Gasteiger partial charge in [-0.15, -0.1) is 5.10 Å². The van der Waals surface area contributed by atoms with E-state index in [0.29, 0.717) is 43.9 Å². The predicted octanol–water partition coefficient (Wildman–Crippen LogP) is 0.992. The molecule has 0 saturated carbocycles. The van der Waals surface area contributed by atoms with Crippen LogP contribution in [0.15, 0.2) is 30.6 Å². The van der Waals surface area contributed by atoms with Crippen LogP contribution in [0.1, 0.15) is 28.9 Å². The summed E-state index contributed by atoms with van der Waals surface area (Å²) in [5.74, 6) is 0.148. The molecule has 0 radical (unpaired) electrons. The first kappa shape index (κ1) is 17.9. The number of carbonyl (C=O) groups is 2. The number of hydrogen-bond acceptors (Lipinski definition) is 5. The number of nitrogens with zero attached hydrogens (tertiary/aromatic N) is 4. The lowest BCUT2D eigenvalue weighted by molar-refractivity contribution is -0.126. The minimum absolute atomic E-state index is 0.0155. The molecule has 8 nitrogen and oxygen atoms in total. The van der Waals surface area contributed by atoms with Gasteiger partial charge in [0.1, 0.15) is 5.56 Å². The first-order valence-corrected chi connectivity index (χ1v) is 8.63. The number of aryl methyl sites for hydroxylation is 1. The third kappa shape index (κ3) is 4.01. The molecule has 0 bridgehead atoms. The van der Waals surface area contributed by atoms with Crippen molar-refractivity contribution in [2.24, 2.45) is 13.0 Å². The fourth-order valence-electron chi connectivity index (χ4n) is 3.11. The zero-order chi connectivity index (χ0) is 18.5. The summed E-state index contributed by atoms with van der Waals surface area (Å²) < 4.78 is 6.72. The maximum absolute atomic E-state index is 12.7. The lowest BCUT2D eigenvalue weighted by Gasteiger charge is -2.31. The number of piperidine rings is 1. The highest BCUT2D eigenvalue weighted by Gasteiger charge is 2.29. The minimum atomic E-state index is -0.109. The molecule has 1 saturated heterocycles. The largest absolute Gasteiger partial charge is 0.479 e. The Morgan fingerprint density at radius 3 is 2.73 bits per heavy atom. The van der Waals surface area contributed by atoms with Gasteiger partial charge in [-0.1, -0.05) is 6.07 Å². The van der Waals surface area contributed by atoms with E-state index in [0.717, 1.165) is 5.69 Å². The molecule has 8 heteroatoms. The van der Waals surface area contributed by atoms with Crippen molar-refractivity contribution in [1.29, 1.82) is 0 Å². The van der Waals surface area contributed by atoms with Crippen LogP contribution in [0.3, 0.4) is 0 Å². The van der Waals surface area contributed by atoms with Gasteiger partial charge in [0.2, 0.25) is 11.8 Å². The predicted molar refractivity (Wildman–Crippen MR) is 94.5 cm³/mol. The first-order chi connectivity index (χ1) is 12.6. The SMILES string of the molecule is COc1nn(C)cc1C(=O)N1CCC(C(=O)NCc2ccccn2)CC1. The van der Waals surface area contributed by atoms with Crippen molar-refractivity contribution >= 4 is 11.8 Å². The number of rotatable bonds is 5. The molecule has 2 amide bonds. The molecule has 2 aromatic heterocycles. The average molecular weight is 357 g/mol. The molecule has 0 atom stereocenters. The van der Waals surface area contributed by atoms with Crippen molar-refractivity contribution in [3.05, 3.63) is 41.9 Å². The lowest BCUT2D eigenvalue weighted by atomic mass is 9.95. The summed E-state index contributed by atoms with van der Waals surface area (Å²) in [7, 11) is 3.24. The summed E-state index contributed by atoms with van der Waals surface area (Å²) in [5.41, 5.74) is 1.28. The number of hydrogen-bond donors (Lipinski definition) is 1. The van der Waals surface area contributed by atoms with Crippen LogP contribution in [0.4, 0.5) is 0 Å². The Balaban J connectivity index is 1.52. The Morgan fingerprint density at radius 1 is 1.31 bits per heavy atom. The Labute approximate surface area is 152 Å². The van der Waals surface area contributed by atoms with E-state index in [4.69, 9.17) is 4.74 Å². The Morgan fingerprint density at radius 2 is 2.08 bits per heavy atom. The highest BCUT2D eigenvalue weighted by molar-refractivity contribution is 5.96. The van der Waals surface area contributed by atoms with Crippen LogP contribution in [0.25, 0.3) is 0 Å². The first-order valence-electron chi connectivity index (χ1n) is 8.63. The molecule has 0 spiro atoms. The molecule has 0 aliphatic carbocycles. The molecule has 2 aromatic rings. The second-order valence-electron chi connectivity index (χ2n) is 6.33. The number of ether oxygens (including phenoxy) is 1. The van der Waals surface area contributed by atoms with Gasteiger partial charge in [-0.3, -0.25) is 19.3 Å². The van der Waals surface area contributed by atoms with Crippen LogP contribution in [0.2, 0.25) is 0 Å². The van der Waals surface area contributed by atoms with Crippen LogP contribution < -0.4 is 10.1 Å². The Hall–Kier alpha value is -2.90. The zero-order valence-corrected chi connectivity index (χ0v) is 15.0. The number of nitrogens with one attached hydrogen (secondary N) is 1. The van der Waals surface area contributed by atoms with E-state index in [2.05, 4.69) is 15.4 Å². The fourth-order valence-corrected chi connectivity index (χ4v) is 3.11. The molecule has 1 aliphatic heterocycles. The van der Waals surface area contributed by atoms with Gasteiger partial charge in [0.05, 0.1) is 19.3 Å². The summed E-state index contributed by atoms with van der Waals surface area (Å²) in [6, 6.07) is 5.61. The van der Waals surface area contributed by atoms with Crippen LogP contribution in [0.5, 0.6) is 5.88 Å². The average Bonchev–Trinajstić information content (AvgIpc) is 3.07. The number of aromatic nitrogens is 3. The van der Waals surface area contributed by atoms with E-state index in [-0.39, 0.29) is 17.7 Å². The second kappa shape index (κ2) is 7.99. The lowest BCUT2D eigenvalue weighted by Crippen LogP contribution is -2.43. The van der Waals surface area contributed by atoms with Gasteiger partial charge in [0.15, 0.2) is 0 Å². The van der Waals surface area contributed by atoms with Crippen LogP contribution in [-0.4, -0.2) is 51.7 Å². The van der Waals surface area contributed by atoms with E-state index in [9.17, 15) is 9.59 Å². The normalized spacial score (nSPS) is 14.9. The smallest absolute Gasteiger partial charge is 0.260 e. The molecule has 3 rings (SSSR count). The Kier molecular flexibility index (Phi) is 5.50. The van der Waals surface area contributed by atoms with Gasteiger partial charge >= 0.3 is 0 Å². The maximum Gasteiger partial charge on any atom is 0.260 e. The number of likely N-dealkylation sites (tertiary alicyclic amines) is 1. The fraction of sp³-hybridized carbons (Fsp3) is 0.444. The summed E-state index contributed by atoms with van der Waals surface area (Å²) in [4.78, 5) is 31.0. The van der Waals surface area contributed by atoms with E-state index >= 15 is 0 Å². The minimum Gasteiger partial charge on any atom is -0.479 e. The molecule has 138 valence electrons. The van der Waals surface area contributed by atoms with Gasteiger partial charge in [-0.05, 0) is 25.0 Å². The zero-order valence-electron chi connectivity index (χ0n) is 15.0. The van der Waals surface area contributed by atoms with E-state index < -0.39 is 0 Å². The molecular weight excluding hydrogens is 334 g/mol. The molecule has 1 N–H and O–H groups in total. The highest BCUT2D eigenvalue weighted by Crippen LogP contribution is 2.22. The van der Waals surface area contributed by atoms with Gasteiger partial charge in [0.25, 0.3) is 5.91 Å². The molecule has 26 heavy (non-hydrogen) atoms. The van der Waals surface area contributed by atoms with E-state index in [1.165, 1.54) is 7.11 Å². The molecular formula is C18H23N5O3. The maximum atomic E-state index is 12.7. The number of amides is 2.